The molecule has 4 N–H and O–H groups in total. The van der Waals surface area contributed by atoms with E-state index in [4.69, 9.17) is 5.73 Å². The van der Waals surface area contributed by atoms with Crippen molar-refractivity contribution in [1.82, 2.24) is 30.2 Å². The highest BCUT2D eigenvalue weighted by Crippen LogP contribution is 2.27. The highest BCUT2D eigenvalue weighted by atomic mass is 19.1. The third kappa shape index (κ3) is 6.24. The first-order chi connectivity index (χ1) is 18.4. The average Bonchev–Trinajstić information content (AvgIpc) is 3.33. The monoisotopic (exact) mass is 522 g/mol. The van der Waals surface area contributed by atoms with Gasteiger partial charge in [0.15, 0.2) is 0 Å². The van der Waals surface area contributed by atoms with E-state index in [0.717, 1.165) is 61.0 Å². The molecule has 0 aliphatic carbocycles. The Labute approximate surface area is 224 Å². The molecular formula is C28H39FN8O. The van der Waals surface area contributed by atoms with Crippen LogP contribution in [-0.2, 0) is 11.8 Å². The van der Waals surface area contributed by atoms with Crippen molar-refractivity contribution in [1.29, 1.82) is 0 Å². The van der Waals surface area contributed by atoms with E-state index >= 15 is 4.39 Å². The second-order valence-corrected chi connectivity index (χ2v) is 10.8. The Kier molecular flexibility index (Phi) is 8.09. The van der Waals surface area contributed by atoms with Gasteiger partial charge in [-0.2, -0.15) is 5.10 Å². The van der Waals surface area contributed by atoms with E-state index in [1.807, 2.05) is 19.3 Å². The molecule has 2 fully saturated rings. The number of aromatic nitrogens is 2. The molecule has 204 valence electrons. The van der Waals surface area contributed by atoms with Crippen LogP contribution in [0.4, 0.5) is 10.1 Å². The van der Waals surface area contributed by atoms with Crippen LogP contribution in [-0.4, -0.2) is 83.2 Å². The smallest absolute Gasteiger partial charge is 0.219 e. The molecule has 10 heteroatoms. The number of amides is 1. The summed E-state index contributed by atoms with van der Waals surface area (Å²) >= 11 is 0. The van der Waals surface area contributed by atoms with Crippen LogP contribution >= 0.6 is 0 Å². The number of aryl methyl sites for hydroxylation is 1. The van der Waals surface area contributed by atoms with Gasteiger partial charge in [-0.15, -0.1) is 0 Å². The Morgan fingerprint density at radius 2 is 2.05 bits per heavy atom. The van der Waals surface area contributed by atoms with Gasteiger partial charge in [0.2, 0.25) is 5.91 Å². The number of halogens is 1. The normalized spacial score (nSPS) is 20.1. The Balaban J connectivity index is 1.26. The summed E-state index contributed by atoms with van der Waals surface area (Å²) in [6.07, 6.45) is 8.04. The lowest BCUT2D eigenvalue weighted by atomic mass is 9.93. The standard InChI is InChI=1S/C28H39FN8O/c1-19(38)37-12-8-26(33-23-16-36(17-23)11-7-20-5-9-31-10-6-20)24(18-37)28(30)34-27-4-3-21(13-25(27)29)22-14-32-35(2)15-22/h3-4,13-15,20,23,31,33H,5-12,16-18H2,1-2H3,(H2,30,34). The van der Waals surface area contributed by atoms with Crippen LogP contribution < -0.4 is 16.4 Å². The molecule has 1 aromatic carbocycles. The zero-order valence-electron chi connectivity index (χ0n) is 22.4. The molecule has 1 amide bonds. The number of benzene rings is 1. The summed E-state index contributed by atoms with van der Waals surface area (Å²) in [5.41, 5.74) is 9.99. The number of hydrogen-bond donors (Lipinski definition) is 3. The number of carbonyl (C=O) groups excluding carboxylic acids is 1. The molecule has 0 saturated carbocycles. The summed E-state index contributed by atoms with van der Waals surface area (Å²) in [7, 11) is 1.82. The van der Waals surface area contributed by atoms with E-state index in [1.165, 1.54) is 25.3 Å². The first kappa shape index (κ1) is 26.4. The van der Waals surface area contributed by atoms with Crippen LogP contribution in [0.5, 0.6) is 0 Å². The zero-order chi connectivity index (χ0) is 26.6. The Morgan fingerprint density at radius 1 is 1.26 bits per heavy atom. The minimum atomic E-state index is -0.452. The highest BCUT2D eigenvalue weighted by Gasteiger charge is 2.30. The molecule has 0 bridgehead atoms. The maximum atomic E-state index is 15.0. The van der Waals surface area contributed by atoms with Crippen LogP contribution in [0, 0.1) is 11.7 Å². The van der Waals surface area contributed by atoms with Gasteiger partial charge in [-0.25, -0.2) is 9.38 Å². The molecule has 5 rings (SSSR count). The molecule has 9 nitrogen and oxygen atoms in total. The maximum Gasteiger partial charge on any atom is 0.219 e. The fourth-order valence-corrected chi connectivity index (χ4v) is 5.60. The van der Waals surface area contributed by atoms with Crippen molar-refractivity contribution in [2.24, 2.45) is 23.7 Å². The molecule has 1 aromatic heterocycles. The Morgan fingerprint density at radius 3 is 2.74 bits per heavy atom. The van der Waals surface area contributed by atoms with Crippen molar-refractivity contribution >= 4 is 17.4 Å². The quantitative estimate of drug-likeness (QED) is 0.363. The van der Waals surface area contributed by atoms with Crippen molar-refractivity contribution in [3.05, 3.63) is 47.7 Å². The summed E-state index contributed by atoms with van der Waals surface area (Å²) < 4.78 is 16.7. The Bertz CT molecular complexity index is 1210. The molecule has 0 radical (unpaired) electrons. The lowest BCUT2D eigenvalue weighted by Gasteiger charge is -2.42. The lowest BCUT2D eigenvalue weighted by Crippen LogP contribution is -2.58. The minimum absolute atomic E-state index is 0.00548. The predicted molar refractivity (Wildman–Crippen MR) is 147 cm³/mol. The molecule has 0 spiro atoms. The summed E-state index contributed by atoms with van der Waals surface area (Å²) in [5.74, 6) is 0.623. The highest BCUT2D eigenvalue weighted by molar-refractivity contribution is 6.00. The van der Waals surface area contributed by atoms with E-state index in [0.29, 0.717) is 25.6 Å². The summed E-state index contributed by atoms with van der Waals surface area (Å²) in [6.45, 7) is 7.99. The second kappa shape index (κ2) is 11.7. The van der Waals surface area contributed by atoms with Crippen molar-refractivity contribution < 1.29 is 9.18 Å². The molecule has 3 aliphatic rings. The fourth-order valence-electron chi connectivity index (χ4n) is 5.60. The molecule has 0 unspecified atom stereocenters. The maximum absolute atomic E-state index is 15.0. The summed E-state index contributed by atoms with van der Waals surface area (Å²) in [4.78, 5) is 20.8. The molecular weight excluding hydrogens is 483 g/mol. The van der Waals surface area contributed by atoms with Gasteiger partial charge in [0.25, 0.3) is 0 Å². The van der Waals surface area contributed by atoms with Gasteiger partial charge in [0.05, 0.1) is 18.8 Å². The molecule has 2 saturated heterocycles. The van der Waals surface area contributed by atoms with Gasteiger partial charge in [-0.3, -0.25) is 14.4 Å². The van der Waals surface area contributed by atoms with Gasteiger partial charge in [-0.1, -0.05) is 6.07 Å². The molecule has 4 heterocycles. The van der Waals surface area contributed by atoms with E-state index in [1.54, 1.807) is 28.8 Å². The van der Waals surface area contributed by atoms with Crippen LogP contribution in [0.1, 0.15) is 32.6 Å². The lowest BCUT2D eigenvalue weighted by molar-refractivity contribution is -0.128. The number of amidine groups is 1. The fraction of sp³-hybridized carbons (Fsp3) is 0.536. The van der Waals surface area contributed by atoms with Crippen molar-refractivity contribution in [3.63, 3.8) is 0 Å². The number of piperidine rings is 1. The number of nitrogens with one attached hydrogen (secondary N) is 2. The first-order valence-corrected chi connectivity index (χ1v) is 13.7. The van der Waals surface area contributed by atoms with Crippen LogP contribution in [0.15, 0.2) is 46.9 Å². The van der Waals surface area contributed by atoms with Gasteiger partial charge < -0.3 is 21.3 Å². The van der Waals surface area contributed by atoms with E-state index in [2.05, 4.69) is 25.6 Å². The average molecular weight is 523 g/mol. The van der Waals surface area contributed by atoms with Gasteiger partial charge in [0, 0.05) is 63.1 Å². The molecule has 2 aromatic rings. The number of aliphatic imine (C=N–C) groups is 1. The van der Waals surface area contributed by atoms with Gasteiger partial charge >= 0.3 is 0 Å². The van der Waals surface area contributed by atoms with E-state index < -0.39 is 5.82 Å². The number of carbonyl (C=O) groups is 1. The summed E-state index contributed by atoms with van der Waals surface area (Å²) in [6, 6.07) is 5.25. The van der Waals surface area contributed by atoms with Crippen molar-refractivity contribution in [2.45, 2.75) is 38.6 Å². The van der Waals surface area contributed by atoms with Crippen molar-refractivity contribution in [2.75, 3.05) is 45.8 Å². The van der Waals surface area contributed by atoms with Crippen LogP contribution in [0.25, 0.3) is 11.1 Å². The molecule has 0 atom stereocenters. The van der Waals surface area contributed by atoms with Crippen LogP contribution in [0.2, 0.25) is 0 Å². The SMILES string of the molecule is CC(=O)N1CCC(NC2CN(CCC3CCNCC3)C2)=C(C(N)=Nc2ccc(-c3cnn(C)c3)cc2F)C1. The van der Waals surface area contributed by atoms with E-state index in [-0.39, 0.29) is 17.4 Å². The largest absolute Gasteiger partial charge is 0.383 e. The minimum Gasteiger partial charge on any atom is -0.383 e. The number of rotatable bonds is 8. The summed E-state index contributed by atoms with van der Waals surface area (Å²) in [5, 5.41) is 11.3. The van der Waals surface area contributed by atoms with Gasteiger partial charge in [0.1, 0.15) is 17.3 Å². The van der Waals surface area contributed by atoms with E-state index in [9.17, 15) is 4.79 Å². The predicted octanol–water partition coefficient (Wildman–Crippen LogP) is 2.38. The number of hydrogen-bond acceptors (Lipinski definition) is 6. The van der Waals surface area contributed by atoms with Crippen LogP contribution in [0.3, 0.4) is 0 Å². The third-order valence-corrected chi connectivity index (χ3v) is 7.97. The number of likely N-dealkylation sites (tertiary alicyclic amines) is 1. The van der Waals surface area contributed by atoms with Crippen molar-refractivity contribution in [3.8, 4) is 11.1 Å². The van der Waals surface area contributed by atoms with Gasteiger partial charge in [-0.05, 0) is 62.5 Å². The topological polar surface area (TPSA) is 104 Å². The number of nitrogens with two attached hydrogens (primary N) is 1. The molecule has 3 aliphatic heterocycles. The third-order valence-electron chi connectivity index (χ3n) is 7.97. The number of nitrogens with zero attached hydrogens (tertiary/aromatic N) is 5. The Hall–Kier alpha value is -3.24. The first-order valence-electron chi connectivity index (χ1n) is 13.7. The second-order valence-electron chi connectivity index (χ2n) is 10.8. The molecule has 38 heavy (non-hydrogen) atoms. The zero-order valence-corrected chi connectivity index (χ0v) is 22.4.